The van der Waals surface area contributed by atoms with Gasteiger partial charge in [-0.2, -0.15) is 0 Å². The van der Waals surface area contributed by atoms with E-state index in [-0.39, 0.29) is 24.8 Å². The number of ketones is 1. The molecule has 3 unspecified atom stereocenters. The highest BCUT2D eigenvalue weighted by Crippen LogP contribution is 2.28. The fourth-order valence-corrected chi connectivity index (χ4v) is 2.78. The van der Waals surface area contributed by atoms with Gasteiger partial charge in [0.05, 0.1) is 18.8 Å². The van der Waals surface area contributed by atoms with Crippen LogP contribution in [-0.2, 0) is 9.53 Å². The summed E-state index contributed by atoms with van der Waals surface area (Å²) in [5.41, 5.74) is 0. The van der Waals surface area contributed by atoms with E-state index < -0.39 is 0 Å². The van der Waals surface area contributed by atoms with Crippen molar-refractivity contribution < 1.29 is 14.6 Å². The third kappa shape index (κ3) is 2.07. The molecular weight excluding hydrogens is 194 g/mol. The van der Waals surface area contributed by atoms with Gasteiger partial charge in [-0.3, -0.25) is 9.69 Å². The summed E-state index contributed by atoms with van der Waals surface area (Å²) in [4.78, 5) is 13.8. The molecule has 0 aromatic heterocycles. The number of hydrogen-bond donors (Lipinski definition) is 1. The first-order valence-corrected chi connectivity index (χ1v) is 5.68. The standard InChI is InChI=1S/C11H19NO3/c1-15-9-5-8(7-13)12(6-9)10-3-2-4-11(10)14/h8-10,13H,2-7H2,1H3. The van der Waals surface area contributed by atoms with Crippen LogP contribution in [0.3, 0.4) is 0 Å². The molecule has 1 heterocycles. The van der Waals surface area contributed by atoms with Gasteiger partial charge in [0.25, 0.3) is 0 Å². The van der Waals surface area contributed by atoms with Crippen molar-refractivity contribution in [3.8, 4) is 0 Å². The van der Waals surface area contributed by atoms with Crippen LogP contribution in [0.4, 0.5) is 0 Å². The van der Waals surface area contributed by atoms with Gasteiger partial charge in [-0.25, -0.2) is 0 Å². The van der Waals surface area contributed by atoms with Crippen LogP contribution in [0, 0.1) is 0 Å². The molecule has 0 aromatic rings. The minimum atomic E-state index is 0.0438. The molecule has 15 heavy (non-hydrogen) atoms. The van der Waals surface area contributed by atoms with Gasteiger partial charge in [-0.1, -0.05) is 0 Å². The second kappa shape index (κ2) is 4.60. The van der Waals surface area contributed by atoms with E-state index in [2.05, 4.69) is 4.90 Å². The van der Waals surface area contributed by atoms with E-state index in [0.29, 0.717) is 12.2 Å². The quantitative estimate of drug-likeness (QED) is 0.727. The average molecular weight is 213 g/mol. The molecule has 0 bridgehead atoms. The second-order valence-electron chi connectivity index (χ2n) is 4.50. The Morgan fingerprint density at radius 2 is 2.40 bits per heavy atom. The van der Waals surface area contributed by atoms with E-state index in [1.807, 2.05) is 0 Å². The van der Waals surface area contributed by atoms with Crippen molar-refractivity contribution in [2.75, 3.05) is 20.3 Å². The Bertz CT molecular complexity index is 244. The van der Waals surface area contributed by atoms with Gasteiger partial charge in [-0.05, 0) is 19.3 Å². The van der Waals surface area contributed by atoms with E-state index in [4.69, 9.17) is 4.74 Å². The normalized spacial score (nSPS) is 37.7. The molecule has 1 saturated heterocycles. The van der Waals surface area contributed by atoms with E-state index in [1.54, 1.807) is 7.11 Å². The maximum absolute atomic E-state index is 11.7. The first kappa shape index (κ1) is 11.0. The molecule has 0 radical (unpaired) electrons. The largest absolute Gasteiger partial charge is 0.395 e. The molecule has 4 nitrogen and oxygen atoms in total. The smallest absolute Gasteiger partial charge is 0.149 e. The molecule has 1 aliphatic heterocycles. The Hall–Kier alpha value is -0.450. The Balaban J connectivity index is 2.03. The number of ether oxygens (including phenoxy) is 1. The van der Waals surface area contributed by atoms with Gasteiger partial charge in [0, 0.05) is 26.1 Å². The summed E-state index contributed by atoms with van der Waals surface area (Å²) < 4.78 is 5.30. The number of methoxy groups -OCH3 is 1. The Kier molecular flexibility index (Phi) is 3.38. The first-order valence-electron chi connectivity index (χ1n) is 5.68. The van der Waals surface area contributed by atoms with Crippen LogP contribution in [-0.4, -0.2) is 54.2 Å². The number of nitrogens with zero attached hydrogens (tertiary/aromatic N) is 1. The summed E-state index contributed by atoms with van der Waals surface area (Å²) in [6, 6.07) is 0.157. The summed E-state index contributed by atoms with van der Waals surface area (Å²) in [5.74, 6) is 0.338. The minimum Gasteiger partial charge on any atom is -0.395 e. The topological polar surface area (TPSA) is 49.8 Å². The second-order valence-corrected chi connectivity index (χ2v) is 4.50. The molecule has 2 rings (SSSR count). The summed E-state index contributed by atoms with van der Waals surface area (Å²) in [7, 11) is 1.69. The van der Waals surface area contributed by atoms with E-state index in [9.17, 15) is 9.90 Å². The Morgan fingerprint density at radius 3 is 2.93 bits per heavy atom. The maximum atomic E-state index is 11.7. The van der Waals surface area contributed by atoms with Crippen LogP contribution in [0.25, 0.3) is 0 Å². The lowest BCUT2D eigenvalue weighted by atomic mass is 10.1. The minimum absolute atomic E-state index is 0.0438. The number of Topliss-reactive ketones (excluding diaryl/α,β-unsaturated/α-hetero) is 1. The molecule has 0 amide bonds. The molecule has 1 saturated carbocycles. The molecule has 3 atom stereocenters. The molecule has 1 N–H and O–H groups in total. The van der Waals surface area contributed by atoms with Crippen molar-refractivity contribution in [1.82, 2.24) is 4.90 Å². The number of rotatable bonds is 3. The van der Waals surface area contributed by atoms with Crippen molar-refractivity contribution in [1.29, 1.82) is 0 Å². The van der Waals surface area contributed by atoms with E-state index >= 15 is 0 Å². The lowest BCUT2D eigenvalue weighted by Gasteiger charge is -2.27. The van der Waals surface area contributed by atoms with Crippen molar-refractivity contribution in [2.45, 2.75) is 43.9 Å². The highest BCUT2D eigenvalue weighted by atomic mass is 16.5. The Morgan fingerprint density at radius 1 is 1.60 bits per heavy atom. The molecule has 2 fully saturated rings. The van der Waals surface area contributed by atoms with Crippen LogP contribution in [0.5, 0.6) is 0 Å². The highest BCUT2D eigenvalue weighted by molar-refractivity contribution is 5.86. The SMILES string of the molecule is COC1CC(CO)N(C2CCCC2=O)C1. The molecule has 1 aliphatic carbocycles. The lowest BCUT2D eigenvalue weighted by molar-refractivity contribution is -0.122. The third-order valence-electron chi connectivity index (χ3n) is 3.64. The highest BCUT2D eigenvalue weighted by Gasteiger charge is 2.40. The zero-order valence-electron chi connectivity index (χ0n) is 9.19. The first-order chi connectivity index (χ1) is 7.26. The van der Waals surface area contributed by atoms with Gasteiger partial charge in [0.1, 0.15) is 5.78 Å². The molecule has 2 aliphatic rings. The molecule has 0 aromatic carbocycles. The van der Waals surface area contributed by atoms with Gasteiger partial charge >= 0.3 is 0 Å². The fourth-order valence-electron chi connectivity index (χ4n) is 2.78. The number of aliphatic hydroxyl groups excluding tert-OH is 1. The van der Waals surface area contributed by atoms with E-state index in [0.717, 1.165) is 25.8 Å². The molecular formula is C11H19NO3. The number of aliphatic hydroxyl groups is 1. The predicted octanol–water partition coefficient (Wildman–Crippen LogP) is 0.190. The van der Waals surface area contributed by atoms with Crippen LogP contribution < -0.4 is 0 Å². The third-order valence-corrected chi connectivity index (χ3v) is 3.64. The number of hydrogen-bond acceptors (Lipinski definition) is 4. The summed E-state index contributed by atoms with van der Waals surface area (Å²) in [6.45, 7) is 0.918. The summed E-state index contributed by atoms with van der Waals surface area (Å²) >= 11 is 0. The van der Waals surface area contributed by atoms with Crippen LogP contribution in [0.2, 0.25) is 0 Å². The lowest BCUT2D eigenvalue weighted by Crippen LogP contribution is -2.43. The van der Waals surface area contributed by atoms with Crippen molar-refractivity contribution in [3.63, 3.8) is 0 Å². The van der Waals surface area contributed by atoms with Crippen LogP contribution in [0.1, 0.15) is 25.7 Å². The van der Waals surface area contributed by atoms with Crippen molar-refractivity contribution >= 4 is 5.78 Å². The average Bonchev–Trinajstić information content (AvgIpc) is 2.82. The number of carbonyl (C=O) groups is 1. The Labute approximate surface area is 90.2 Å². The van der Waals surface area contributed by atoms with Crippen molar-refractivity contribution in [2.24, 2.45) is 0 Å². The van der Waals surface area contributed by atoms with Crippen LogP contribution in [0.15, 0.2) is 0 Å². The maximum Gasteiger partial charge on any atom is 0.149 e. The molecule has 4 heteroatoms. The summed E-state index contributed by atoms with van der Waals surface area (Å²) in [6.07, 6.45) is 3.67. The zero-order chi connectivity index (χ0) is 10.8. The van der Waals surface area contributed by atoms with Crippen molar-refractivity contribution in [3.05, 3.63) is 0 Å². The molecule has 0 spiro atoms. The zero-order valence-corrected chi connectivity index (χ0v) is 9.19. The molecule has 86 valence electrons. The van der Waals surface area contributed by atoms with Gasteiger partial charge < -0.3 is 9.84 Å². The van der Waals surface area contributed by atoms with E-state index in [1.165, 1.54) is 0 Å². The number of carbonyl (C=O) groups excluding carboxylic acids is 1. The van der Waals surface area contributed by atoms with Crippen LogP contribution >= 0.6 is 0 Å². The summed E-state index contributed by atoms with van der Waals surface area (Å²) in [5, 5.41) is 9.29. The monoisotopic (exact) mass is 213 g/mol. The fraction of sp³-hybridized carbons (Fsp3) is 0.909. The predicted molar refractivity (Wildman–Crippen MR) is 55.6 cm³/mol. The van der Waals surface area contributed by atoms with Gasteiger partial charge in [0.15, 0.2) is 0 Å². The van der Waals surface area contributed by atoms with Gasteiger partial charge in [-0.15, -0.1) is 0 Å². The van der Waals surface area contributed by atoms with Gasteiger partial charge in [0.2, 0.25) is 0 Å². The number of likely N-dealkylation sites (tertiary alicyclic amines) is 1.